The second-order valence-electron chi connectivity index (χ2n) is 4.67. The van der Waals surface area contributed by atoms with Gasteiger partial charge in [-0.05, 0) is 19.4 Å². The van der Waals surface area contributed by atoms with Crippen molar-refractivity contribution >= 4 is 21.8 Å². The Morgan fingerprint density at radius 1 is 1.50 bits per heavy atom. The molecule has 0 unspecified atom stereocenters. The zero-order valence-electron chi connectivity index (χ0n) is 10.8. The van der Waals surface area contributed by atoms with Gasteiger partial charge in [-0.2, -0.15) is 0 Å². The highest BCUT2D eigenvalue weighted by molar-refractivity contribution is 9.10. The maximum absolute atomic E-state index is 13.8. The molecule has 0 saturated carbocycles. The first-order valence-electron chi connectivity index (χ1n) is 6.12. The standard InChI is InChI=1S/C13H14BrF2NO3/c1-6-8(14)4-7(12(16)11(6)15)13(19)17-9-5-20-3-2-10(9)18/h4,9-10,18H,2-3,5H2,1H3,(H,17,19)/t9-,10-/m0/s1. The molecule has 1 aliphatic heterocycles. The molecule has 1 fully saturated rings. The number of nitrogens with one attached hydrogen (secondary N) is 1. The van der Waals surface area contributed by atoms with Crippen LogP contribution in [0.1, 0.15) is 22.3 Å². The van der Waals surface area contributed by atoms with E-state index in [0.29, 0.717) is 17.5 Å². The van der Waals surface area contributed by atoms with Crippen LogP contribution in [0.5, 0.6) is 0 Å². The smallest absolute Gasteiger partial charge is 0.254 e. The van der Waals surface area contributed by atoms with Crippen LogP contribution >= 0.6 is 15.9 Å². The van der Waals surface area contributed by atoms with Crippen molar-refractivity contribution in [2.45, 2.75) is 25.5 Å². The van der Waals surface area contributed by atoms with E-state index in [0.717, 1.165) is 0 Å². The van der Waals surface area contributed by atoms with Crippen LogP contribution in [0.2, 0.25) is 0 Å². The highest BCUT2D eigenvalue weighted by atomic mass is 79.9. The zero-order chi connectivity index (χ0) is 14.9. The van der Waals surface area contributed by atoms with Crippen molar-refractivity contribution in [1.29, 1.82) is 0 Å². The lowest BCUT2D eigenvalue weighted by molar-refractivity contribution is -0.0140. The Morgan fingerprint density at radius 2 is 2.20 bits per heavy atom. The molecule has 0 bridgehead atoms. The summed E-state index contributed by atoms with van der Waals surface area (Å²) in [4.78, 5) is 12.0. The monoisotopic (exact) mass is 349 g/mol. The Hall–Kier alpha value is -1.05. The van der Waals surface area contributed by atoms with E-state index < -0.39 is 35.3 Å². The van der Waals surface area contributed by atoms with Crippen LogP contribution in [-0.2, 0) is 4.74 Å². The predicted molar refractivity (Wildman–Crippen MR) is 71.5 cm³/mol. The molecule has 110 valence electrons. The molecule has 0 radical (unpaired) electrons. The van der Waals surface area contributed by atoms with Crippen LogP contribution in [0.4, 0.5) is 8.78 Å². The number of ether oxygens (including phenoxy) is 1. The predicted octanol–water partition coefficient (Wildman–Crippen LogP) is 1.92. The molecule has 4 nitrogen and oxygen atoms in total. The van der Waals surface area contributed by atoms with E-state index in [9.17, 15) is 18.7 Å². The van der Waals surface area contributed by atoms with E-state index in [4.69, 9.17) is 4.74 Å². The number of amides is 1. The number of aliphatic hydroxyl groups excluding tert-OH is 1. The van der Waals surface area contributed by atoms with Gasteiger partial charge >= 0.3 is 0 Å². The molecule has 2 atom stereocenters. The van der Waals surface area contributed by atoms with E-state index in [2.05, 4.69) is 21.2 Å². The highest BCUT2D eigenvalue weighted by Crippen LogP contribution is 2.24. The first-order valence-corrected chi connectivity index (χ1v) is 6.92. The third-order valence-electron chi connectivity index (χ3n) is 3.27. The summed E-state index contributed by atoms with van der Waals surface area (Å²) in [7, 11) is 0. The average molecular weight is 350 g/mol. The van der Waals surface area contributed by atoms with E-state index >= 15 is 0 Å². The van der Waals surface area contributed by atoms with E-state index in [1.165, 1.54) is 13.0 Å². The molecule has 1 aromatic carbocycles. The van der Waals surface area contributed by atoms with Crippen LogP contribution in [0.25, 0.3) is 0 Å². The van der Waals surface area contributed by atoms with Gasteiger partial charge in [-0.3, -0.25) is 4.79 Å². The number of halogens is 3. The second kappa shape index (κ2) is 6.15. The summed E-state index contributed by atoms with van der Waals surface area (Å²) < 4.78 is 32.8. The van der Waals surface area contributed by atoms with Crippen LogP contribution in [0, 0.1) is 18.6 Å². The molecular formula is C13H14BrF2NO3. The van der Waals surface area contributed by atoms with E-state index in [-0.39, 0.29) is 12.2 Å². The van der Waals surface area contributed by atoms with Gasteiger partial charge < -0.3 is 15.2 Å². The quantitative estimate of drug-likeness (QED) is 0.802. The third-order valence-corrected chi connectivity index (χ3v) is 4.09. The minimum Gasteiger partial charge on any atom is -0.391 e. The number of carbonyl (C=O) groups is 1. The molecule has 1 aromatic rings. The Bertz CT molecular complexity index is 539. The van der Waals surface area contributed by atoms with Crippen LogP contribution < -0.4 is 5.32 Å². The van der Waals surface area contributed by atoms with Gasteiger partial charge in [-0.15, -0.1) is 0 Å². The SMILES string of the molecule is Cc1c(Br)cc(C(=O)N[C@H]2COCC[C@@H]2O)c(F)c1F. The highest BCUT2D eigenvalue weighted by Gasteiger charge is 2.27. The number of carbonyl (C=O) groups excluding carboxylic acids is 1. The van der Waals surface area contributed by atoms with Gasteiger partial charge in [0.15, 0.2) is 11.6 Å². The maximum atomic E-state index is 13.8. The van der Waals surface area contributed by atoms with Crippen molar-refractivity contribution in [2.24, 2.45) is 0 Å². The lowest BCUT2D eigenvalue weighted by Crippen LogP contribution is -2.49. The van der Waals surface area contributed by atoms with Gasteiger partial charge in [0.1, 0.15) is 0 Å². The van der Waals surface area contributed by atoms with Gasteiger partial charge in [0.25, 0.3) is 5.91 Å². The van der Waals surface area contributed by atoms with Crippen molar-refractivity contribution < 1.29 is 23.4 Å². The molecule has 1 heterocycles. The average Bonchev–Trinajstić information content (AvgIpc) is 2.43. The summed E-state index contributed by atoms with van der Waals surface area (Å²) in [5.41, 5.74) is -0.308. The van der Waals surface area contributed by atoms with Crippen LogP contribution in [0.15, 0.2) is 10.5 Å². The Morgan fingerprint density at radius 3 is 2.85 bits per heavy atom. The summed E-state index contributed by atoms with van der Waals surface area (Å²) in [6, 6.07) is 0.595. The Kier molecular flexibility index (Phi) is 4.72. The molecule has 2 N–H and O–H groups in total. The summed E-state index contributed by atoms with van der Waals surface area (Å²) in [5, 5.41) is 12.2. The maximum Gasteiger partial charge on any atom is 0.254 e. The molecule has 1 aliphatic rings. The lowest BCUT2D eigenvalue weighted by atomic mass is 10.1. The summed E-state index contributed by atoms with van der Waals surface area (Å²) in [5.74, 6) is -3.05. The molecule has 7 heteroatoms. The number of hydrogen-bond donors (Lipinski definition) is 2. The van der Waals surface area contributed by atoms with Gasteiger partial charge in [0, 0.05) is 16.6 Å². The van der Waals surface area contributed by atoms with Crippen molar-refractivity contribution in [1.82, 2.24) is 5.32 Å². The second-order valence-corrected chi connectivity index (χ2v) is 5.52. The number of hydrogen-bond acceptors (Lipinski definition) is 3. The van der Waals surface area contributed by atoms with Gasteiger partial charge in [0.2, 0.25) is 0 Å². The molecule has 0 aromatic heterocycles. The van der Waals surface area contributed by atoms with E-state index in [1.54, 1.807) is 0 Å². The van der Waals surface area contributed by atoms with Crippen LogP contribution in [0.3, 0.4) is 0 Å². The Balaban J connectivity index is 2.21. The molecule has 20 heavy (non-hydrogen) atoms. The van der Waals surface area contributed by atoms with Crippen molar-refractivity contribution in [3.63, 3.8) is 0 Å². The van der Waals surface area contributed by atoms with Gasteiger partial charge in [-0.25, -0.2) is 8.78 Å². The molecule has 1 saturated heterocycles. The molecular weight excluding hydrogens is 336 g/mol. The minimum atomic E-state index is -1.20. The number of rotatable bonds is 2. The fraction of sp³-hybridized carbons (Fsp3) is 0.462. The molecule has 0 aliphatic carbocycles. The van der Waals surface area contributed by atoms with Crippen molar-refractivity contribution in [3.05, 3.63) is 33.3 Å². The van der Waals surface area contributed by atoms with Crippen molar-refractivity contribution in [2.75, 3.05) is 13.2 Å². The largest absolute Gasteiger partial charge is 0.391 e. The van der Waals surface area contributed by atoms with E-state index in [1.807, 2.05) is 0 Å². The normalized spacial score (nSPS) is 22.6. The fourth-order valence-electron chi connectivity index (χ4n) is 1.96. The third kappa shape index (κ3) is 2.99. The molecule has 1 amide bonds. The topological polar surface area (TPSA) is 58.6 Å². The number of benzene rings is 1. The van der Waals surface area contributed by atoms with Gasteiger partial charge in [0.05, 0.1) is 24.3 Å². The van der Waals surface area contributed by atoms with Gasteiger partial charge in [-0.1, -0.05) is 15.9 Å². The minimum absolute atomic E-state index is 0.0973. The van der Waals surface area contributed by atoms with Crippen LogP contribution in [-0.4, -0.2) is 36.4 Å². The molecule has 0 spiro atoms. The van der Waals surface area contributed by atoms with Crippen molar-refractivity contribution in [3.8, 4) is 0 Å². The number of aliphatic hydroxyl groups is 1. The first-order chi connectivity index (χ1) is 9.41. The summed E-state index contributed by atoms with van der Waals surface area (Å²) in [6.45, 7) is 1.96. The fourth-order valence-corrected chi connectivity index (χ4v) is 2.36. The lowest BCUT2D eigenvalue weighted by Gasteiger charge is -2.28. The Labute approximate surface area is 123 Å². The first kappa shape index (κ1) is 15.3. The molecule has 2 rings (SSSR count). The summed E-state index contributed by atoms with van der Waals surface area (Å²) >= 11 is 3.08. The summed E-state index contributed by atoms with van der Waals surface area (Å²) in [6.07, 6.45) is -0.367. The zero-order valence-corrected chi connectivity index (χ0v) is 12.3.